The van der Waals surface area contributed by atoms with Gasteiger partial charge in [0.05, 0.1) is 11.7 Å². The molecule has 23 heavy (non-hydrogen) atoms. The number of carbonyl (C=O) groups excluding carboxylic acids is 2. The van der Waals surface area contributed by atoms with Gasteiger partial charge in [0.25, 0.3) is 11.8 Å². The number of halogens is 1. The van der Waals surface area contributed by atoms with Crippen LogP contribution in [0.1, 0.15) is 34.6 Å². The van der Waals surface area contributed by atoms with Gasteiger partial charge in [0.15, 0.2) is 0 Å². The summed E-state index contributed by atoms with van der Waals surface area (Å²) in [6.07, 6.45) is -0.0679. The highest BCUT2D eigenvalue weighted by Gasteiger charge is 2.15. The average Bonchev–Trinajstić information content (AvgIpc) is 2.54. The van der Waals surface area contributed by atoms with Crippen LogP contribution in [0.3, 0.4) is 0 Å². The molecular weight excluding hydrogens is 360 g/mol. The van der Waals surface area contributed by atoms with Crippen molar-refractivity contribution in [2.24, 2.45) is 0 Å². The zero-order valence-corrected chi connectivity index (χ0v) is 14.4. The van der Waals surface area contributed by atoms with Gasteiger partial charge >= 0.3 is 0 Å². The molecule has 0 bridgehead atoms. The molecule has 2 aromatic carbocycles. The molecule has 0 heterocycles. The van der Waals surface area contributed by atoms with Crippen LogP contribution in [0.25, 0.3) is 0 Å². The molecule has 0 unspecified atom stereocenters. The van der Waals surface area contributed by atoms with Crippen molar-refractivity contribution in [2.75, 3.05) is 0 Å². The second-order valence-electron chi connectivity index (χ2n) is 5.08. The van der Waals surface area contributed by atoms with Crippen molar-refractivity contribution in [3.8, 4) is 5.75 Å². The highest BCUT2D eigenvalue weighted by atomic mass is 79.9. The Morgan fingerprint density at radius 3 is 2.30 bits per heavy atom. The van der Waals surface area contributed by atoms with Crippen LogP contribution < -0.4 is 15.6 Å². The Bertz CT molecular complexity index is 702. The van der Waals surface area contributed by atoms with Gasteiger partial charge in [-0.25, -0.2) is 0 Å². The minimum Gasteiger partial charge on any atom is -0.490 e. The number of ether oxygens (including phenoxy) is 1. The van der Waals surface area contributed by atoms with Gasteiger partial charge in [0, 0.05) is 10.0 Å². The van der Waals surface area contributed by atoms with Gasteiger partial charge in [0.2, 0.25) is 0 Å². The Morgan fingerprint density at radius 1 is 1.00 bits per heavy atom. The smallest absolute Gasteiger partial charge is 0.273 e. The summed E-state index contributed by atoms with van der Waals surface area (Å²) in [5, 5.41) is 0. The first-order valence-electron chi connectivity index (χ1n) is 7.09. The molecule has 0 radical (unpaired) electrons. The van der Waals surface area contributed by atoms with Gasteiger partial charge < -0.3 is 4.74 Å². The molecule has 0 fully saturated rings. The molecule has 2 aromatic rings. The van der Waals surface area contributed by atoms with E-state index in [2.05, 4.69) is 26.8 Å². The SMILES string of the molecule is CC(C)Oc1ccc(Br)cc1C(=O)NNC(=O)c1ccccc1. The lowest BCUT2D eigenvalue weighted by molar-refractivity contribution is 0.0843. The van der Waals surface area contributed by atoms with E-state index in [4.69, 9.17) is 4.74 Å². The summed E-state index contributed by atoms with van der Waals surface area (Å²) >= 11 is 3.32. The number of nitrogens with one attached hydrogen (secondary N) is 2. The largest absolute Gasteiger partial charge is 0.490 e. The summed E-state index contributed by atoms with van der Waals surface area (Å²) in [7, 11) is 0. The summed E-state index contributed by atoms with van der Waals surface area (Å²) in [6.45, 7) is 3.75. The van der Waals surface area contributed by atoms with E-state index in [0.717, 1.165) is 4.47 Å². The number of rotatable bonds is 4. The van der Waals surface area contributed by atoms with Crippen molar-refractivity contribution >= 4 is 27.7 Å². The number of benzene rings is 2. The summed E-state index contributed by atoms with van der Waals surface area (Å²) < 4.78 is 6.36. The number of hydrogen-bond acceptors (Lipinski definition) is 3. The molecule has 0 spiro atoms. The first-order chi connectivity index (χ1) is 11.0. The number of amides is 2. The van der Waals surface area contributed by atoms with E-state index in [0.29, 0.717) is 16.9 Å². The van der Waals surface area contributed by atoms with Crippen molar-refractivity contribution in [1.29, 1.82) is 0 Å². The second-order valence-corrected chi connectivity index (χ2v) is 6.00. The summed E-state index contributed by atoms with van der Waals surface area (Å²) in [5.41, 5.74) is 5.58. The number of hydrogen-bond donors (Lipinski definition) is 2. The van der Waals surface area contributed by atoms with Gasteiger partial charge in [0.1, 0.15) is 5.75 Å². The lowest BCUT2D eigenvalue weighted by Crippen LogP contribution is -2.41. The van der Waals surface area contributed by atoms with Crippen molar-refractivity contribution in [3.05, 3.63) is 64.1 Å². The van der Waals surface area contributed by atoms with Crippen LogP contribution >= 0.6 is 15.9 Å². The maximum atomic E-state index is 12.3. The van der Waals surface area contributed by atoms with E-state index in [9.17, 15) is 9.59 Å². The van der Waals surface area contributed by atoms with Gasteiger partial charge in [-0.3, -0.25) is 20.4 Å². The molecular formula is C17H17BrN2O3. The minimum atomic E-state index is -0.453. The first-order valence-corrected chi connectivity index (χ1v) is 7.88. The summed E-state index contributed by atoms with van der Waals surface area (Å²) in [4.78, 5) is 24.3. The first kappa shape index (κ1) is 17.0. The molecule has 2 rings (SSSR count). The minimum absolute atomic E-state index is 0.0679. The van der Waals surface area contributed by atoms with Crippen LogP contribution in [0, 0.1) is 0 Å². The average molecular weight is 377 g/mol. The topological polar surface area (TPSA) is 67.4 Å². The molecule has 2 N–H and O–H groups in total. The van der Waals surface area contributed by atoms with Crippen LogP contribution in [0.2, 0.25) is 0 Å². The Balaban J connectivity index is 2.08. The molecule has 0 atom stereocenters. The summed E-state index contributed by atoms with van der Waals surface area (Å²) in [6, 6.07) is 13.8. The molecule has 0 aliphatic carbocycles. The molecule has 120 valence electrons. The molecule has 0 saturated heterocycles. The highest BCUT2D eigenvalue weighted by molar-refractivity contribution is 9.10. The quantitative estimate of drug-likeness (QED) is 0.804. The van der Waals surface area contributed by atoms with E-state index in [1.54, 1.807) is 42.5 Å². The molecule has 0 saturated carbocycles. The van der Waals surface area contributed by atoms with Crippen LogP contribution in [0.5, 0.6) is 5.75 Å². The van der Waals surface area contributed by atoms with E-state index in [1.165, 1.54) is 0 Å². The molecule has 0 aliphatic heterocycles. The fourth-order valence-electron chi connectivity index (χ4n) is 1.88. The fourth-order valence-corrected chi connectivity index (χ4v) is 2.24. The van der Waals surface area contributed by atoms with Crippen LogP contribution in [-0.2, 0) is 0 Å². The third-order valence-electron chi connectivity index (χ3n) is 2.87. The second kappa shape index (κ2) is 7.78. The van der Waals surface area contributed by atoms with Gasteiger partial charge in [-0.2, -0.15) is 0 Å². The Morgan fingerprint density at radius 2 is 1.65 bits per heavy atom. The van der Waals surface area contributed by atoms with Gasteiger partial charge in [-0.15, -0.1) is 0 Å². The lowest BCUT2D eigenvalue weighted by atomic mass is 10.2. The van der Waals surface area contributed by atoms with Gasteiger partial charge in [-0.1, -0.05) is 34.1 Å². The van der Waals surface area contributed by atoms with E-state index in [-0.39, 0.29) is 12.0 Å². The lowest BCUT2D eigenvalue weighted by Gasteiger charge is -2.15. The third kappa shape index (κ3) is 4.82. The number of hydrazine groups is 1. The van der Waals surface area contributed by atoms with E-state index >= 15 is 0 Å². The molecule has 2 amide bonds. The fraction of sp³-hybridized carbons (Fsp3) is 0.176. The Hall–Kier alpha value is -2.34. The maximum Gasteiger partial charge on any atom is 0.273 e. The standard InChI is InChI=1S/C17H17BrN2O3/c1-11(2)23-15-9-8-13(18)10-14(15)17(22)20-19-16(21)12-6-4-3-5-7-12/h3-11H,1-2H3,(H,19,21)(H,20,22). The van der Waals surface area contributed by atoms with Crippen molar-refractivity contribution < 1.29 is 14.3 Å². The van der Waals surface area contributed by atoms with Crippen LogP contribution in [0.4, 0.5) is 0 Å². The van der Waals surface area contributed by atoms with Gasteiger partial charge in [-0.05, 0) is 44.2 Å². The van der Waals surface area contributed by atoms with Crippen molar-refractivity contribution in [2.45, 2.75) is 20.0 Å². The predicted molar refractivity (Wildman–Crippen MR) is 91.3 cm³/mol. The Labute approximate surface area is 143 Å². The zero-order chi connectivity index (χ0) is 16.8. The summed E-state index contributed by atoms with van der Waals surface area (Å²) in [5.74, 6) is -0.388. The molecule has 0 aromatic heterocycles. The monoisotopic (exact) mass is 376 g/mol. The number of carbonyl (C=O) groups is 2. The molecule has 0 aliphatic rings. The van der Waals surface area contributed by atoms with Crippen molar-refractivity contribution in [3.63, 3.8) is 0 Å². The Kier molecular flexibility index (Phi) is 5.76. The van der Waals surface area contributed by atoms with Crippen molar-refractivity contribution in [1.82, 2.24) is 10.9 Å². The van der Waals surface area contributed by atoms with E-state index < -0.39 is 5.91 Å². The molecule has 5 nitrogen and oxygen atoms in total. The zero-order valence-electron chi connectivity index (χ0n) is 12.8. The van der Waals surface area contributed by atoms with Crippen LogP contribution in [-0.4, -0.2) is 17.9 Å². The molecule has 6 heteroatoms. The third-order valence-corrected chi connectivity index (χ3v) is 3.37. The van der Waals surface area contributed by atoms with Crippen LogP contribution in [0.15, 0.2) is 53.0 Å². The normalized spacial score (nSPS) is 10.3. The highest BCUT2D eigenvalue weighted by Crippen LogP contribution is 2.24. The predicted octanol–water partition coefficient (Wildman–Crippen LogP) is 3.31. The van der Waals surface area contributed by atoms with E-state index in [1.807, 2.05) is 19.9 Å². The maximum absolute atomic E-state index is 12.3.